The first-order chi connectivity index (χ1) is 9.19. The Balaban J connectivity index is 1.87. The van der Waals surface area contributed by atoms with Crippen LogP contribution < -0.4 is 10.1 Å². The van der Waals surface area contributed by atoms with Gasteiger partial charge in [-0.3, -0.25) is 0 Å². The van der Waals surface area contributed by atoms with Crippen molar-refractivity contribution >= 4 is 0 Å². The van der Waals surface area contributed by atoms with Crippen molar-refractivity contribution in [3.05, 3.63) is 41.7 Å². The lowest BCUT2D eigenvalue weighted by atomic mass is 10.3. The molecule has 0 fully saturated rings. The highest BCUT2D eigenvalue weighted by atomic mass is 19.1. The van der Waals surface area contributed by atoms with Gasteiger partial charge < -0.3 is 10.1 Å². The van der Waals surface area contributed by atoms with Crippen LogP contribution in [-0.4, -0.2) is 28.6 Å². The fourth-order valence-corrected chi connectivity index (χ4v) is 1.55. The van der Waals surface area contributed by atoms with Gasteiger partial charge in [0.15, 0.2) is 11.6 Å². The maximum Gasteiger partial charge on any atom is 0.165 e. The van der Waals surface area contributed by atoms with Crippen molar-refractivity contribution in [1.82, 2.24) is 20.3 Å². The van der Waals surface area contributed by atoms with Gasteiger partial charge in [-0.25, -0.2) is 13.5 Å². The molecule has 1 aromatic carbocycles. The standard InChI is InChI=1S/C12H14F2N4O/c1-15-7-10-8-18(17-16-10)4-5-19-12-6-9(13)2-3-11(12)14/h2-3,6,8,15H,4-5,7H2,1H3. The van der Waals surface area contributed by atoms with Gasteiger partial charge in [0.1, 0.15) is 12.4 Å². The van der Waals surface area contributed by atoms with E-state index < -0.39 is 11.6 Å². The molecular weight excluding hydrogens is 254 g/mol. The Labute approximate surface area is 109 Å². The van der Waals surface area contributed by atoms with Crippen molar-refractivity contribution in [2.24, 2.45) is 0 Å². The Morgan fingerprint density at radius 2 is 2.21 bits per heavy atom. The molecule has 2 aromatic rings. The van der Waals surface area contributed by atoms with Gasteiger partial charge >= 0.3 is 0 Å². The summed E-state index contributed by atoms with van der Waals surface area (Å²) >= 11 is 0. The van der Waals surface area contributed by atoms with E-state index in [1.54, 1.807) is 10.9 Å². The van der Waals surface area contributed by atoms with E-state index >= 15 is 0 Å². The molecule has 1 aromatic heterocycles. The summed E-state index contributed by atoms with van der Waals surface area (Å²) in [5, 5.41) is 10.8. The topological polar surface area (TPSA) is 52.0 Å². The molecule has 0 atom stereocenters. The first kappa shape index (κ1) is 13.4. The summed E-state index contributed by atoms with van der Waals surface area (Å²) in [7, 11) is 1.81. The molecule has 1 heterocycles. The predicted octanol–water partition coefficient (Wildman–Crippen LogP) is 1.35. The summed E-state index contributed by atoms with van der Waals surface area (Å²) in [6, 6.07) is 3.10. The third-order valence-electron chi connectivity index (χ3n) is 2.42. The Bertz CT molecular complexity index is 544. The quantitative estimate of drug-likeness (QED) is 0.859. The van der Waals surface area contributed by atoms with Crippen LogP contribution in [0, 0.1) is 11.6 Å². The van der Waals surface area contributed by atoms with E-state index in [0.717, 1.165) is 23.9 Å². The van der Waals surface area contributed by atoms with Gasteiger partial charge in [-0.15, -0.1) is 5.10 Å². The highest BCUT2D eigenvalue weighted by Gasteiger charge is 2.05. The van der Waals surface area contributed by atoms with Crippen molar-refractivity contribution in [3.8, 4) is 5.75 Å². The van der Waals surface area contributed by atoms with E-state index in [2.05, 4.69) is 15.6 Å². The fraction of sp³-hybridized carbons (Fsp3) is 0.333. The fourth-order valence-electron chi connectivity index (χ4n) is 1.55. The van der Waals surface area contributed by atoms with Crippen LogP contribution in [0.2, 0.25) is 0 Å². The molecule has 5 nitrogen and oxygen atoms in total. The number of halogens is 2. The number of nitrogens with one attached hydrogen (secondary N) is 1. The maximum atomic E-state index is 13.3. The lowest BCUT2D eigenvalue weighted by Crippen LogP contribution is -2.09. The van der Waals surface area contributed by atoms with Gasteiger partial charge in [-0.1, -0.05) is 5.21 Å². The van der Waals surface area contributed by atoms with E-state index in [1.165, 1.54) is 0 Å². The molecule has 2 rings (SSSR count). The Morgan fingerprint density at radius 3 is 3.00 bits per heavy atom. The number of aromatic nitrogens is 3. The van der Waals surface area contributed by atoms with Crippen LogP contribution in [0.3, 0.4) is 0 Å². The number of benzene rings is 1. The van der Waals surface area contributed by atoms with Gasteiger partial charge in [-0.05, 0) is 19.2 Å². The van der Waals surface area contributed by atoms with E-state index in [1.807, 2.05) is 7.05 Å². The van der Waals surface area contributed by atoms with Crippen molar-refractivity contribution < 1.29 is 13.5 Å². The minimum Gasteiger partial charge on any atom is -0.488 e. The second-order valence-corrected chi connectivity index (χ2v) is 3.93. The molecule has 0 aliphatic rings. The van der Waals surface area contributed by atoms with E-state index in [9.17, 15) is 8.78 Å². The van der Waals surface area contributed by atoms with Crippen molar-refractivity contribution in [2.75, 3.05) is 13.7 Å². The van der Waals surface area contributed by atoms with Gasteiger partial charge in [0.05, 0.1) is 12.2 Å². The molecule has 0 aliphatic heterocycles. The summed E-state index contributed by atoms with van der Waals surface area (Å²) in [6.45, 7) is 1.22. The Morgan fingerprint density at radius 1 is 1.37 bits per heavy atom. The largest absolute Gasteiger partial charge is 0.488 e. The molecule has 0 spiro atoms. The lowest BCUT2D eigenvalue weighted by molar-refractivity contribution is 0.275. The summed E-state index contributed by atoms with van der Waals surface area (Å²) in [5.74, 6) is -1.22. The number of hydrogen-bond acceptors (Lipinski definition) is 4. The zero-order chi connectivity index (χ0) is 13.7. The molecule has 1 N–H and O–H groups in total. The Kier molecular flexibility index (Phi) is 4.40. The van der Waals surface area contributed by atoms with E-state index in [-0.39, 0.29) is 12.4 Å². The molecule has 102 valence electrons. The SMILES string of the molecule is CNCc1cn(CCOc2cc(F)ccc2F)nn1. The molecule has 0 amide bonds. The van der Waals surface area contributed by atoms with Crippen LogP contribution in [0.25, 0.3) is 0 Å². The second-order valence-electron chi connectivity index (χ2n) is 3.93. The van der Waals surface area contributed by atoms with Gasteiger partial charge in [-0.2, -0.15) is 0 Å². The minimum absolute atomic E-state index is 0.101. The number of hydrogen-bond donors (Lipinski definition) is 1. The van der Waals surface area contributed by atoms with Crippen LogP contribution in [0.5, 0.6) is 5.75 Å². The summed E-state index contributed by atoms with van der Waals surface area (Å²) in [5.41, 5.74) is 0.805. The number of nitrogens with zero attached hydrogens (tertiary/aromatic N) is 3. The van der Waals surface area contributed by atoms with Crippen molar-refractivity contribution in [3.63, 3.8) is 0 Å². The first-order valence-electron chi connectivity index (χ1n) is 5.80. The average Bonchev–Trinajstić information content (AvgIpc) is 2.82. The normalized spacial score (nSPS) is 10.7. The monoisotopic (exact) mass is 268 g/mol. The van der Waals surface area contributed by atoms with Crippen LogP contribution in [0.1, 0.15) is 5.69 Å². The molecule has 19 heavy (non-hydrogen) atoms. The lowest BCUT2D eigenvalue weighted by Gasteiger charge is -2.06. The summed E-state index contributed by atoms with van der Waals surface area (Å²) in [4.78, 5) is 0. The highest BCUT2D eigenvalue weighted by Crippen LogP contribution is 2.17. The predicted molar refractivity (Wildman–Crippen MR) is 64.6 cm³/mol. The highest BCUT2D eigenvalue weighted by molar-refractivity contribution is 5.24. The molecule has 0 saturated carbocycles. The van der Waals surface area contributed by atoms with Crippen LogP contribution >= 0.6 is 0 Å². The zero-order valence-electron chi connectivity index (χ0n) is 10.4. The van der Waals surface area contributed by atoms with Gasteiger partial charge in [0.25, 0.3) is 0 Å². The second kappa shape index (κ2) is 6.24. The molecule has 7 heteroatoms. The molecular formula is C12H14F2N4O. The molecule has 0 saturated heterocycles. The van der Waals surface area contributed by atoms with E-state index in [4.69, 9.17) is 4.74 Å². The summed E-state index contributed by atoms with van der Waals surface area (Å²) < 4.78 is 32.9. The molecule has 0 radical (unpaired) electrons. The minimum atomic E-state index is -0.587. The number of ether oxygens (including phenoxy) is 1. The molecule has 0 bridgehead atoms. The van der Waals surface area contributed by atoms with Crippen LogP contribution in [0.4, 0.5) is 8.78 Å². The third kappa shape index (κ3) is 3.72. The summed E-state index contributed by atoms with van der Waals surface area (Å²) in [6.07, 6.45) is 1.77. The van der Waals surface area contributed by atoms with E-state index in [0.29, 0.717) is 13.1 Å². The smallest absolute Gasteiger partial charge is 0.165 e. The number of rotatable bonds is 6. The van der Waals surface area contributed by atoms with Crippen molar-refractivity contribution in [2.45, 2.75) is 13.1 Å². The zero-order valence-corrected chi connectivity index (χ0v) is 10.4. The maximum absolute atomic E-state index is 13.3. The Hall–Kier alpha value is -2.02. The van der Waals surface area contributed by atoms with Crippen LogP contribution in [0.15, 0.2) is 24.4 Å². The van der Waals surface area contributed by atoms with Gasteiger partial charge in [0, 0.05) is 18.8 Å². The average molecular weight is 268 g/mol. The van der Waals surface area contributed by atoms with Crippen molar-refractivity contribution in [1.29, 1.82) is 0 Å². The van der Waals surface area contributed by atoms with Crippen LogP contribution in [-0.2, 0) is 13.1 Å². The van der Waals surface area contributed by atoms with Gasteiger partial charge in [0.2, 0.25) is 0 Å². The first-order valence-corrected chi connectivity index (χ1v) is 5.80. The molecule has 0 aliphatic carbocycles. The molecule has 0 unspecified atom stereocenters. The third-order valence-corrected chi connectivity index (χ3v) is 2.42.